The van der Waals surface area contributed by atoms with Gasteiger partial charge in [-0.1, -0.05) is 0 Å². The van der Waals surface area contributed by atoms with Crippen molar-refractivity contribution in [3.05, 3.63) is 0 Å². The largest absolute Gasteiger partial charge is 2.00 e. The van der Waals surface area contributed by atoms with E-state index in [0.717, 1.165) is 0 Å². The quantitative estimate of drug-likeness (QED) is 0.317. The molecule has 0 aromatic carbocycles. The van der Waals surface area contributed by atoms with Crippen molar-refractivity contribution < 1.29 is 103 Å². The third kappa shape index (κ3) is 17.7. The van der Waals surface area contributed by atoms with Crippen LogP contribution in [0.5, 0.6) is 0 Å². The Balaban J connectivity index is 0. The smallest absolute Gasteiger partial charge is 1.00 e. The predicted molar refractivity (Wildman–Crippen MR) is 26.3 cm³/mol. The molecule has 20 valence electrons. The molecule has 0 aliphatic rings. The topological polar surface area (TPSA) is 0 Å². The van der Waals surface area contributed by atoms with E-state index in [4.69, 9.17) is 0 Å². The summed E-state index contributed by atoms with van der Waals surface area (Å²) < 4.78 is 0. The molecule has 0 fully saturated rings. The first-order chi connectivity index (χ1) is 0. The SMILES string of the molecule is S.[K+].[K+].[MgH2].[S-2]. The van der Waals surface area contributed by atoms with Crippen molar-refractivity contribution in [1.82, 2.24) is 0 Å². The van der Waals surface area contributed by atoms with E-state index in [2.05, 4.69) is 0 Å². The zero-order valence-electron chi connectivity index (χ0n) is 2.91. The summed E-state index contributed by atoms with van der Waals surface area (Å²) in [7, 11) is 0. The summed E-state index contributed by atoms with van der Waals surface area (Å²) in [4.78, 5) is 0. The molecule has 0 aromatic rings. The maximum atomic E-state index is 0. The molecule has 0 aliphatic heterocycles. The first-order valence-corrected chi connectivity index (χ1v) is 0. The van der Waals surface area contributed by atoms with Crippen molar-refractivity contribution in [2.45, 2.75) is 0 Å². The monoisotopic (exact) mass is 170 g/mol. The molecule has 0 amide bonds. The minimum Gasteiger partial charge on any atom is -2.00 e. The van der Waals surface area contributed by atoms with Crippen molar-refractivity contribution in [3.8, 4) is 0 Å². The van der Waals surface area contributed by atoms with Crippen molar-refractivity contribution in [2.75, 3.05) is 0 Å². The number of hydrogen-bond acceptors (Lipinski definition) is 0. The van der Waals surface area contributed by atoms with Crippen LogP contribution in [0.1, 0.15) is 0 Å². The molecule has 0 bridgehead atoms. The molecule has 0 unspecified atom stereocenters. The van der Waals surface area contributed by atoms with Crippen molar-refractivity contribution >= 4 is 50.0 Å². The average molecular weight is 171 g/mol. The van der Waals surface area contributed by atoms with Gasteiger partial charge < -0.3 is 13.5 Å². The van der Waals surface area contributed by atoms with Crippen molar-refractivity contribution in [2.24, 2.45) is 0 Å². The van der Waals surface area contributed by atoms with Gasteiger partial charge in [-0.25, -0.2) is 0 Å². The zero-order chi connectivity index (χ0) is 0. The van der Waals surface area contributed by atoms with Crippen molar-refractivity contribution in [3.63, 3.8) is 0 Å². The average Bonchev–Trinajstić information content (AvgIpc) is 0. The summed E-state index contributed by atoms with van der Waals surface area (Å²) in [5.41, 5.74) is 0. The van der Waals surface area contributed by atoms with Gasteiger partial charge in [0.05, 0.1) is 0 Å². The zero-order valence-corrected chi connectivity index (χ0v) is 11.0. The van der Waals surface area contributed by atoms with Crippen molar-refractivity contribution in [1.29, 1.82) is 0 Å². The van der Waals surface area contributed by atoms with E-state index < -0.39 is 0 Å². The fourth-order valence-electron chi connectivity index (χ4n) is 0. The van der Waals surface area contributed by atoms with E-state index in [0.29, 0.717) is 0 Å². The molecule has 0 nitrogen and oxygen atoms in total. The van der Waals surface area contributed by atoms with E-state index in [-0.39, 0.29) is 153 Å². The van der Waals surface area contributed by atoms with E-state index in [1.165, 1.54) is 0 Å². The Morgan fingerprint density at radius 2 is 0.800 bits per heavy atom. The van der Waals surface area contributed by atoms with Gasteiger partial charge in [0.1, 0.15) is 0 Å². The van der Waals surface area contributed by atoms with Crippen LogP contribution in [0.2, 0.25) is 0 Å². The molecule has 0 aromatic heterocycles. The van der Waals surface area contributed by atoms with Crippen LogP contribution in [0.4, 0.5) is 0 Å². The summed E-state index contributed by atoms with van der Waals surface area (Å²) in [6.07, 6.45) is 0. The molecule has 0 N–H and O–H groups in total. The molecule has 0 aliphatic carbocycles. The molecule has 0 heterocycles. The summed E-state index contributed by atoms with van der Waals surface area (Å²) >= 11 is 0. The van der Waals surface area contributed by atoms with E-state index in [1.807, 2.05) is 0 Å². The normalized spacial score (nSPS) is 0. The second-order valence-electron chi connectivity index (χ2n) is 0. The minimum atomic E-state index is 0. The molecular formula is H4K2MgS2. The van der Waals surface area contributed by atoms with Gasteiger partial charge in [-0.2, -0.15) is 13.5 Å². The Kier molecular flexibility index (Phi) is 154. The molecule has 0 spiro atoms. The minimum absolute atomic E-state index is 0. The Morgan fingerprint density at radius 3 is 0.800 bits per heavy atom. The van der Waals surface area contributed by atoms with E-state index in [9.17, 15) is 0 Å². The Hall–Kier alpha value is 4.74. The standard InChI is InChI=1S/2K.Mg.H2S.S.2H/h;;;1H2;;;/q2*+1;;;-2;;. The van der Waals surface area contributed by atoms with Crippen LogP contribution in [-0.2, 0) is 13.5 Å². The Morgan fingerprint density at radius 1 is 0.800 bits per heavy atom. The molecule has 0 saturated heterocycles. The van der Waals surface area contributed by atoms with Gasteiger partial charge in [0.2, 0.25) is 0 Å². The summed E-state index contributed by atoms with van der Waals surface area (Å²) in [6, 6.07) is 0. The predicted octanol–water partition coefficient (Wildman–Crippen LogP) is -6.80. The first kappa shape index (κ1) is 33.1. The van der Waals surface area contributed by atoms with Gasteiger partial charge in [-0.15, -0.1) is 0 Å². The maximum absolute atomic E-state index is 0. The van der Waals surface area contributed by atoms with Crippen LogP contribution in [0.15, 0.2) is 0 Å². The molecule has 0 atom stereocenters. The molecule has 0 radical (unpaired) electrons. The van der Waals surface area contributed by atoms with Gasteiger partial charge >= 0.3 is 126 Å². The van der Waals surface area contributed by atoms with E-state index in [1.54, 1.807) is 0 Å². The van der Waals surface area contributed by atoms with Gasteiger partial charge in [-0.05, 0) is 0 Å². The van der Waals surface area contributed by atoms with Crippen LogP contribution in [-0.4, -0.2) is 23.1 Å². The van der Waals surface area contributed by atoms with E-state index >= 15 is 0 Å². The van der Waals surface area contributed by atoms with Crippen LogP contribution >= 0.6 is 13.5 Å². The number of hydrogen-bond donors (Lipinski definition) is 0. The third-order valence-corrected chi connectivity index (χ3v) is 0. The Bertz CT molecular complexity index is 7.61. The molecule has 5 heavy (non-hydrogen) atoms. The summed E-state index contributed by atoms with van der Waals surface area (Å²) in [6.45, 7) is 0. The fraction of sp³-hybridized carbons (Fsp3) is 0. The van der Waals surface area contributed by atoms with Crippen LogP contribution in [0.25, 0.3) is 0 Å². The molecule has 5 heteroatoms. The van der Waals surface area contributed by atoms with Crippen LogP contribution in [0, 0.1) is 0 Å². The van der Waals surface area contributed by atoms with Gasteiger partial charge in [-0.3, -0.25) is 0 Å². The maximum Gasteiger partial charge on any atom is 1.00 e. The van der Waals surface area contributed by atoms with Gasteiger partial charge in [0.25, 0.3) is 0 Å². The fourth-order valence-corrected chi connectivity index (χ4v) is 0. The van der Waals surface area contributed by atoms with Gasteiger partial charge in [0, 0.05) is 0 Å². The van der Waals surface area contributed by atoms with Crippen LogP contribution < -0.4 is 103 Å². The molecule has 0 saturated carbocycles. The van der Waals surface area contributed by atoms with Gasteiger partial charge in [0.15, 0.2) is 0 Å². The second-order valence-corrected chi connectivity index (χ2v) is 0. The summed E-state index contributed by atoms with van der Waals surface area (Å²) in [5.74, 6) is 0. The second kappa shape index (κ2) is 23.3. The molecular weight excluding hydrogens is 167 g/mol. The molecule has 0 rings (SSSR count). The summed E-state index contributed by atoms with van der Waals surface area (Å²) in [5, 5.41) is 0. The van der Waals surface area contributed by atoms with Crippen LogP contribution in [0.3, 0.4) is 0 Å². The third-order valence-electron chi connectivity index (χ3n) is 0. The number of rotatable bonds is 0. The Labute approximate surface area is 148 Å². The first-order valence-electron chi connectivity index (χ1n) is 0.